The molecule has 0 N–H and O–H groups in total. The van der Waals surface area contributed by atoms with E-state index in [0.29, 0.717) is 6.61 Å². The van der Waals surface area contributed by atoms with Crippen molar-refractivity contribution in [1.29, 1.82) is 0 Å². The first-order valence-electron chi connectivity index (χ1n) is 7.03. The Labute approximate surface area is 112 Å². The molecule has 104 valence electrons. The van der Waals surface area contributed by atoms with E-state index in [1.807, 2.05) is 18.7 Å². The van der Waals surface area contributed by atoms with Gasteiger partial charge >= 0.3 is 0 Å². The first-order chi connectivity index (χ1) is 9.18. The summed E-state index contributed by atoms with van der Waals surface area (Å²) >= 11 is 0. The van der Waals surface area contributed by atoms with Crippen LogP contribution in [0.5, 0.6) is 0 Å². The van der Waals surface area contributed by atoms with Gasteiger partial charge in [0.25, 0.3) is 5.91 Å². The Kier molecular flexibility index (Phi) is 3.31. The lowest BCUT2D eigenvalue weighted by atomic mass is 10.0. The van der Waals surface area contributed by atoms with E-state index in [0.717, 1.165) is 49.2 Å². The highest BCUT2D eigenvalue weighted by molar-refractivity contribution is 5.82. The molecule has 2 fully saturated rings. The molecule has 0 spiro atoms. The molecule has 0 aromatic carbocycles. The lowest BCUT2D eigenvalue weighted by Crippen LogP contribution is -2.38. The van der Waals surface area contributed by atoms with Crippen LogP contribution in [0.1, 0.15) is 48.7 Å². The number of rotatable bonds is 2. The molecule has 0 aliphatic carbocycles. The summed E-state index contributed by atoms with van der Waals surface area (Å²) in [6, 6.07) is 0.114. The number of amides is 1. The lowest BCUT2D eigenvalue weighted by Gasteiger charge is -2.27. The maximum atomic E-state index is 12.5. The second kappa shape index (κ2) is 4.96. The number of aromatic nitrogens is 1. The van der Waals surface area contributed by atoms with E-state index in [2.05, 4.69) is 5.16 Å². The topological polar surface area (TPSA) is 55.6 Å². The monoisotopic (exact) mass is 264 g/mol. The van der Waals surface area contributed by atoms with Crippen molar-refractivity contribution in [2.24, 2.45) is 0 Å². The molecule has 0 saturated carbocycles. The predicted octanol–water partition coefficient (Wildman–Crippen LogP) is 2.13. The highest BCUT2D eigenvalue weighted by Gasteiger charge is 2.37. The SMILES string of the molecule is Cc1noc(C)c1C1CCCN1C(=O)C1CCCO1. The minimum atomic E-state index is -0.235. The third-order valence-electron chi connectivity index (χ3n) is 4.16. The van der Waals surface area contributed by atoms with Gasteiger partial charge in [0.1, 0.15) is 11.9 Å². The molecule has 3 heterocycles. The molecule has 5 nitrogen and oxygen atoms in total. The molecule has 0 bridgehead atoms. The molecule has 1 amide bonds. The maximum absolute atomic E-state index is 12.5. The fraction of sp³-hybridized carbons (Fsp3) is 0.714. The van der Waals surface area contributed by atoms with Gasteiger partial charge < -0.3 is 14.2 Å². The normalized spacial score (nSPS) is 27.2. The standard InChI is InChI=1S/C14H20N2O3/c1-9-13(10(2)19-15-9)11-5-3-7-16(11)14(17)12-6-4-8-18-12/h11-12H,3-8H2,1-2H3. The molecular formula is C14H20N2O3. The Morgan fingerprint density at radius 1 is 1.32 bits per heavy atom. The molecule has 1 aromatic rings. The molecule has 1 aromatic heterocycles. The highest BCUT2D eigenvalue weighted by atomic mass is 16.5. The Morgan fingerprint density at radius 3 is 2.79 bits per heavy atom. The number of hydrogen-bond donors (Lipinski definition) is 0. The summed E-state index contributed by atoms with van der Waals surface area (Å²) < 4.78 is 10.8. The van der Waals surface area contributed by atoms with Crippen molar-refractivity contribution in [3.63, 3.8) is 0 Å². The zero-order valence-electron chi connectivity index (χ0n) is 11.5. The number of hydrogen-bond acceptors (Lipinski definition) is 4. The summed E-state index contributed by atoms with van der Waals surface area (Å²) in [5.41, 5.74) is 1.98. The van der Waals surface area contributed by atoms with Crippen LogP contribution < -0.4 is 0 Å². The van der Waals surface area contributed by atoms with Gasteiger partial charge in [-0.1, -0.05) is 5.16 Å². The van der Waals surface area contributed by atoms with Gasteiger partial charge in [-0.3, -0.25) is 4.79 Å². The van der Waals surface area contributed by atoms with E-state index >= 15 is 0 Å². The Balaban J connectivity index is 1.83. The number of likely N-dealkylation sites (tertiary alicyclic amines) is 1. The van der Waals surface area contributed by atoms with Crippen molar-refractivity contribution in [2.45, 2.75) is 51.7 Å². The van der Waals surface area contributed by atoms with E-state index in [4.69, 9.17) is 9.26 Å². The largest absolute Gasteiger partial charge is 0.368 e. The minimum absolute atomic E-state index is 0.114. The fourth-order valence-corrected chi connectivity index (χ4v) is 3.25. The van der Waals surface area contributed by atoms with Crippen LogP contribution in [0.25, 0.3) is 0 Å². The Bertz CT molecular complexity index is 458. The highest BCUT2D eigenvalue weighted by Crippen LogP contribution is 2.36. The average Bonchev–Trinajstić information content (AvgIpc) is 3.10. The number of ether oxygens (including phenoxy) is 1. The Morgan fingerprint density at radius 2 is 2.16 bits per heavy atom. The van der Waals surface area contributed by atoms with Crippen LogP contribution >= 0.6 is 0 Å². The number of aryl methyl sites for hydroxylation is 2. The van der Waals surface area contributed by atoms with Crippen LogP contribution in [0.4, 0.5) is 0 Å². The molecule has 2 atom stereocenters. The van der Waals surface area contributed by atoms with Crippen molar-refractivity contribution in [1.82, 2.24) is 10.1 Å². The van der Waals surface area contributed by atoms with Crippen LogP contribution in [0.15, 0.2) is 4.52 Å². The van der Waals surface area contributed by atoms with E-state index in [-0.39, 0.29) is 18.1 Å². The summed E-state index contributed by atoms with van der Waals surface area (Å²) in [5, 5.41) is 4.01. The molecule has 5 heteroatoms. The lowest BCUT2D eigenvalue weighted by molar-refractivity contribution is -0.141. The van der Waals surface area contributed by atoms with Gasteiger partial charge in [-0.15, -0.1) is 0 Å². The van der Waals surface area contributed by atoms with Crippen molar-refractivity contribution < 1.29 is 14.1 Å². The number of carbonyl (C=O) groups excluding carboxylic acids is 1. The summed E-state index contributed by atoms with van der Waals surface area (Å²) in [7, 11) is 0. The van der Waals surface area contributed by atoms with Crippen LogP contribution in [-0.2, 0) is 9.53 Å². The van der Waals surface area contributed by atoms with Gasteiger partial charge in [0, 0.05) is 18.7 Å². The smallest absolute Gasteiger partial charge is 0.252 e. The zero-order valence-corrected chi connectivity index (χ0v) is 11.5. The van der Waals surface area contributed by atoms with Crippen LogP contribution in [-0.4, -0.2) is 35.2 Å². The summed E-state index contributed by atoms with van der Waals surface area (Å²) in [6.45, 7) is 5.38. The second-order valence-corrected chi connectivity index (χ2v) is 5.43. The third kappa shape index (κ3) is 2.16. The summed E-state index contributed by atoms with van der Waals surface area (Å²) in [6.07, 6.45) is 3.62. The van der Waals surface area contributed by atoms with Crippen LogP contribution in [0, 0.1) is 13.8 Å². The van der Waals surface area contributed by atoms with Gasteiger partial charge in [-0.05, 0) is 39.5 Å². The molecule has 2 saturated heterocycles. The van der Waals surface area contributed by atoms with Gasteiger partial charge in [0.15, 0.2) is 0 Å². The van der Waals surface area contributed by atoms with Crippen LogP contribution in [0.3, 0.4) is 0 Å². The van der Waals surface area contributed by atoms with Crippen molar-refractivity contribution in [3.05, 3.63) is 17.0 Å². The van der Waals surface area contributed by atoms with Gasteiger partial charge in [0.2, 0.25) is 0 Å². The first kappa shape index (κ1) is 12.7. The third-order valence-corrected chi connectivity index (χ3v) is 4.16. The fourth-order valence-electron chi connectivity index (χ4n) is 3.25. The number of nitrogens with zero attached hydrogens (tertiary/aromatic N) is 2. The molecule has 19 heavy (non-hydrogen) atoms. The molecule has 3 rings (SSSR count). The molecular weight excluding hydrogens is 244 g/mol. The van der Waals surface area contributed by atoms with E-state index < -0.39 is 0 Å². The van der Waals surface area contributed by atoms with Crippen molar-refractivity contribution >= 4 is 5.91 Å². The quantitative estimate of drug-likeness (QED) is 0.821. The van der Waals surface area contributed by atoms with Crippen molar-refractivity contribution in [3.8, 4) is 0 Å². The second-order valence-electron chi connectivity index (χ2n) is 5.43. The molecule has 0 radical (unpaired) electrons. The van der Waals surface area contributed by atoms with E-state index in [1.54, 1.807) is 0 Å². The molecule has 2 unspecified atom stereocenters. The zero-order chi connectivity index (χ0) is 13.4. The van der Waals surface area contributed by atoms with Gasteiger partial charge in [-0.2, -0.15) is 0 Å². The van der Waals surface area contributed by atoms with Crippen LogP contribution in [0.2, 0.25) is 0 Å². The van der Waals surface area contributed by atoms with E-state index in [1.165, 1.54) is 0 Å². The predicted molar refractivity (Wildman–Crippen MR) is 68.6 cm³/mol. The van der Waals surface area contributed by atoms with Crippen molar-refractivity contribution in [2.75, 3.05) is 13.2 Å². The average molecular weight is 264 g/mol. The molecule has 2 aliphatic heterocycles. The Hall–Kier alpha value is -1.36. The summed E-state index contributed by atoms with van der Waals surface area (Å²) in [5.74, 6) is 0.967. The van der Waals surface area contributed by atoms with Gasteiger partial charge in [0.05, 0.1) is 11.7 Å². The van der Waals surface area contributed by atoms with Gasteiger partial charge in [-0.25, -0.2) is 0 Å². The number of carbonyl (C=O) groups is 1. The minimum Gasteiger partial charge on any atom is -0.368 e. The molecule has 2 aliphatic rings. The maximum Gasteiger partial charge on any atom is 0.252 e. The van der Waals surface area contributed by atoms with E-state index in [9.17, 15) is 4.79 Å². The summed E-state index contributed by atoms with van der Waals surface area (Å²) in [4.78, 5) is 14.5. The first-order valence-corrected chi connectivity index (χ1v) is 7.03.